The maximum Gasteiger partial charge on any atom is 0.411 e. The van der Waals surface area contributed by atoms with Crippen LogP contribution in [0.25, 0.3) is 0 Å². The molecule has 0 aromatic heterocycles. The first-order valence-corrected chi connectivity index (χ1v) is 6.51. The molecule has 1 atom stereocenters. The Labute approximate surface area is 121 Å². The van der Waals surface area contributed by atoms with Crippen LogP contribution in [-0.4, -0.2) is 24.7 Å². The molecule has 1 aromatic carbocycles. The van der Waals surface area contributed by atoms with Crippen molar-refractivity contribution >= 4 is 5.91 Å². The number of nitrogens with two attached hydrogens (primary N) is 1. The summed E-state index contributed by atoms with van der Waals surface area (Å²) < 4.78 is 40.3. The Morgan fingerprint density at radius 2 is 1.86 bits per heavy atom. The van der Waals surface area contributed by atoms with Crippen molar-refractivity contribution in [2.45, 2.75) is 38.7 Å². The van der Waals surface area contributed by atoms with E-state index in [1.807, 2.05) is 0 Å². The van der Waals surface area contributed by atoms with E-state index in [1.165, 1.54) is 0 Å². The lowest BCUT2D eigenvalue weighted by molar-refractivity contribution is -0.176. The minimum atomic E-state index is -4.32. The summed E-state index contributed by atoms with van der Waals surface area (Å²) in [6, 6.07) is 6.61. The summed E-state index contributed by atoms with van der Waals surface area (Å²) in [4.78, 5) is 11.4. The zero-order chi connectivity index (χ0) is 15.9. The third-order valence-corrected chi connectivity index (χ3v) is 2.55. The molecule has 0 bridgehead atoms. The van der Waals surface area contributed by atoms with Crippen LogP contribution in [0.2, 0.25) is 0 Å². The molecule has 7 heteroatoms. The first-order chi connectivity index (χ1) is 9.76. The SMILES string of the molecule is CC(N)CC(=O)NCc1ccc(COCC(F)(F)F)cc1. The van der Waals surface area contributed by atoms with Crippen LogP contribution in [0.3, 0.4) is 0 Å². The molecule has 1 amide bonds. The van der Waals surface area contributed by atoms with Gasteiger partial charge in [-0.15, -0.1) is 0 Å². The highest BCUT2D eigenvalue weighted by Crippen LogP contribution is 2.15. The lowest BCUT2D eigenvalue weighted by atomic mass is 10.1. The summed E-state index contributed by atoms with van der Waals surface area (Å²) in [6.45, 7) is 0.740. The fourth-order valence-electron chi connectivity index (χ4n) is 1.60. The van der Waals surface area contributed by atoms with Crippen LogP contribution in [0.4, 0.5) is 13.2 Å². The Morgan fingerprint density at radius 3 is 2.38 bits per heavy atom. The van der Waals surface area contributed by atoms with E-state index >= 15 is 0 Å². The van der Waals surface area contributed by atoms with E-state index in [1.54, 1.807) is 31.2 Å². The predicted octanol–water partition coefficient (Wildman–Crippen LogP) is 2.12. The number of rotatable bonds is 7. The van der Waals surface area contributed by atoms with Crippen LogP contribution >= 0.6 is 0 Å². The van der Waals surface area contributed by atoms with Crippen LogP contribution in [0.15, 0.2) is 24.3 Å². The molecule has 0 saturated carbocycles. The molecule has 21 heavy (non-hydrogen) atoms. The van der Waals surface area contributed by atoms with Crippen LogP contribution in [0.1, 0.15) is 24.5 Å². The molecule has 0 fully saturated rings. The monoisotopic (exact) mass is 304 g/mol. The third kappa shape index (κ3) is 8.31. The van der Waals surface area contributed by atoms with E-state index < -0.39 is 12.8 Å². The van der Waals surface area contributed by atoms with Gasteiger partial charge in [0.15, 0.2) is 0 Å². The van der Waals surface area contributed by atoms with Gasteiger partial charge in [0.1, 0.15) is 6.61 Å². The van der Waals surface area contributed by atoms with E-state index in [4.69, 9.17) is 5.73 Å². The minimum absolute atomic E-state index is 0.100. The molecule has 0 aliphatic heterocycles. The molecular weight excluding hydrogens is 285 g/mol. The van der Waals surface area contributed by atoms with E-state index in [9.17, 15) is 18.0 Å². The highest BCUT2D eigenvalue weighted by molar-refractivity contribution is 5.76. The van der Waals surface area contributed by atoms with Gasteiger partial charge in [0, 0.05) is 19.0 Å². The molecule has 0 aliphatic carbocycles. The Hall–Kier alpha value is -1.60. The molecule has 0 heterocycles. The number of nitrogens with one attached hydrogen (secondary N) is 1. The summed E-state index contributed by atoms with van der Waals surface area (Å²) in [7, 11) is 0. The molecule has 1 unspecified atom stereocenters. The van der Waals surface area contributed by atoms with E-state index in [-0.39, 0.29) is 25.0 Å². The molecule has 0 spiro atoms. The molecular formula is C14H19F3N2O2. The van der Waals surface area contributed by atoms with Crippen LogP contribution in [0.5, 0.6) is 0 Å². The lowest BCUT2D eigenvalue weighted by Gasteiger charge is -2.09. The molecule has 4 nitrogen and oxygen atoms in total. The number of halogens is 3. The Kier molecular flexibility index (Phi) is 6.64. The standard InChI is InChI=1S/C14H19F3N2O2/c1-10(18)6-13(20)19-7-11-2-4-12(5-3-11)8-21-9-14(15,16)17/h2-5,10H,6-9,18H2,1H3,(H,19,20). The van der Waals surface area contributed by atoms with Gasteiger partial charge in [-0.2, -0.15) is 13.2 Å². The number of hydrogen-bond donors (Lipinski definition) is 2. The maximum absolute atomic E-state index is 11.9. The number of amides is 1. The summed E-state index contributed by atoms with van der Waals surface area (Å²) in [5.41, 5.74) is 7.00. The van der Waals surface area contributed by atoms with Gasteiger partial charge < -0.3 is 15.8 Å². The van der Waals surface area contributed by atoms with Crippen molar-refractivity contribution in [2.75, 3.05) is 6.61 Å². The second kappa shape index (κ2) is 7.99. The zero-order valence-electron chi connectivity index (χ0n) is 11.7. The fraction of sp³-hybridized carbons (Fsp3) is 0.500. The molecule has 0 saturated heterocycles. The van der Waals surface area contributed by atoms with Gasteiger partial charge in [0.25, 0.3) is 0 Å². The number of hydrogen-bond acceptors (Lipinski definition) is 3. The lowest BCUT2D eigenvalue weighted by Crippen LogP contribution is -2.29. The average molecular weight is 304 g/mol. The molecule has 0 radical (unpaired) electrons. The summed E-state index contributed by atoms with van der Waals surface area (Å²) in [5.74, 6) is -0.136. The number of carbonyl (C=O) groups is 1. The van der Waals surface area contributed by atoms with Crippen LogP contribution in [-0.2, 0) is 22.7 Å². The summed E-state index contributed by atoms with van der Waals surface area (Å²) in [6.07, 6.45) is -4.06. The minimum Gasteiger partial charge on any atom is -0.367 e. The molecule has 3 N–H and O–H groups in total. The zero-order valence-corrected chi connectivity index (χ0v) is 11.7. The topological polar surface area (TPSA) is 64.4 Å². The highest BCUT2D eigenvalue weighted by atomic mass is 19.4. The van der Waals surface area contributed by atoms with Gasteiger partial charge in [0.05, 0.1) is 6.61 Å². The summed E-state index contributed by atoms with van der Waals surface area (Å²) >= 11 is 0. The van der Waals surface area contributed by atoms with Crippen molar-refractivity contribution in [1.29, 1.82) is 0 Å². The fourth-order valence-corrected chi connectivity index (χ4v) is 1.60. The van der Waals surface area contributed by atoms with Crippen LogP contribution in [0, 0.1) is 0 Å². The smallest absolute Gasteiger partial charge is 0.367 e. The maximum atomic E-state index is 11.9. The van der Waals surface area contributed by atoms with Gasteiger partial charge >= 0.3 is 6.18 Å². The van der Waals surface area contributed by atoms with E-state index in [0.29, 0.717) is 12.1 Å². The predicted molar refractivity (Wildman–Crippen MR) is 72.3 cm³/mol. The largest absolute Gasteiger partial charge is 0.411 e. The first-order valence-electron chi connectivity index (χ1n) is 6.51. The van der Waals surface area contributed by atoms with Crippen molar-refractivity contribution in [3.05, 3.63) is 35.4 Å². The normalized spacial score (nSPS) is 13.0. The highest BCUT2D eigenvalue weighted by Gasteiger charge is 2.27. The number of ether oxygens (including phenoxy) is 1. The third-order valence-electron chi connectivity index (χ3n) is 2.55. The number of carbonyl (C=O) groups excluding carboxylic acids is 1. The molecule has 0 aliphatic rings. The van der Waals surface area contributed by atoms with E-state index in [0.717, 1.165) is 5.56 Å². The van der Waals surface area contributed by atoms with Gasteiger partial charge in [-0.3, -0.25) is 4.79 Å². The first kappa shape index (κ1) is 17.5. The second-order valence-corrected chi connectivity index (χ2v) is 4.88. The molecule has 1 aromatic rings. The number of alkyl halides is 3. The van der Waals surface area contributed by atoms with Crippen molar-refractivity contribution in [3.8, 4) is 0 Å². The van der Waals surface area contributed by atoms with Crippen molar-refractivity contribution in [2.24, 2.45) is 5.73 Å². The van der Waals surface area contributed by atoms with Gasteiger partial charge in [-0.05, 0) is 18.1 Å². The van der Waals surface area contributed by atoms with Gasteiger partial charge in [-0.25, -0.2) is 0 Å². The number of benzene rings is 1. The Morgan fingerprint density at radius 1 is 1.29 bits per heavy atom. The molecule has 1 rings (SSSR count). The van der Waals surface area contributed by atoms with Crippen molar-refractivity contribution in [3.63, 3.8) is 0 Å². The van der Waals surface area contributed by atoms with Crippen molar-refractivity contribution in [1.82, 2.24) is 5.32 Å². The quantitative estimate of drug-likeness (QED) is 0.811. The van der Waals surface area contributed by atoms with E-state index in [2.05, 4.69) is 10.1 Å². The van der Waals surface area contributed by atoms with Gasteiger partial charge in [0.2, 0.25) is 5.91 Å². The summed E-state index contributed by atoms with van der Waals surface area (Å²) in [5, 5.41) is 2.71. The second-order valence-electron chi connectivity index (χ2n) is 4.88. The van der Waals surface area contributed by atoms with Crippen LogP contribution < -0.4 is 11.1 Å². The Balaban J connectivity index is 2.35. The van der Waals surface area contributed by atoms with Gasteiger partial charge in [-0.1, -0.05) is 24.3 Å². The van der Waals surface area contributed by atoms with Crippen molar-refractivity contribution < 1.29 is 22.7 Å². The average Bonchev–Trinajstić information content (AvgIpc) is 2.35. The molecule has 118 valence electrons. The Bertz CT molecular complexity index is 445.